The molecule has 6 N–H and O–H groups in total. The Morgan fingerprint density at radius 3 is 2.33 bits per heavy atom. The van der Waals surface area contributed by atoms with Crippen LogP contribution in [-0.2, 0) is 0 Å². The second kappa shape index (κ2) is 6.97. The van der Waals surface area contributed by atoms with Crippen molar-refractivity contribution in [3.63, 3.8) is 0 Å². The third-order valence-corrected chi connectivity index (χ3v) is 3.33. The standard InChI is InChI=1S/C16H20N2O3/c17-9-4-10-18-14(11-5-2-1-3-6-11)12-7-8-13(19)16(21)15(12)20/h1-3,5-8,14,18-21H,4,9-10,17H2. The van der Waals surface area contributed by atoms with E-state index >= 15 is 0 Å². The minimum Gasteiger partial charge on any atom is -0.504 e. The second-order valence-corrected chi connectivity index (χ2v) is 4.81. The third-order valence-electron chi connectivity index (χ3n) is 3.33. The molecule has 2 rings (SSSR count). The van der Waals surface area contributed by atoms with Crippen LogP contribution in [0.25, 0.3) is 0 Å². The van der Waals surface area contributed by atoms with Gasteiger partial charge in [-0.3, -0.25) is 0 Å². The van der Waals surface area contributed by atoms with Gasteiger partial charge in [-0.1, -0.05) is 30.3 Å². The van der Waals surface area contributed by atoms with Gasteiger partial charge in [0, 0.05) is 5.56 Å². The molecule has 2 aromatic carbocycles. The van der Waals surface area contributed by atoms with E-state index in [9.17, 15) is 15.3 Å². The third kappa shape index (κ3) is 3.45. The molecule has 0 amide bonds. The first-order valence-corrected chi connectivity index (χ1v) is 6.87. The van der Waals surface area contributed by atoms with Gasteiger partial charge in [0.05, 0.1) is 6.04 Å². The molecule has 0 aliphatic carbocycles. The van der Waals surface area contributed by atoms with E-state index in [1.807, 2.05) is 30.3 Å². The van der Waals surface area contributed by atoms with E-state index in [2.05, 4.69) is 5.32 Å². The minimum atomic E-state index is -0.506. The van der Waals surface area contributed by atoms with Gasteiger partial charge in [0.15, 0.2) is 11.5 Å². The molecule has 0 aliphatic heterocycles. The van der Waals surface area contributed by atoms with Crippen LogP contribution in [0.1, 0.15) is 23.6 Å². The molecule has 0 bridgehead atoms. The smallest absolute Gasteiger partial charge is 0.200 e. The van der Waals surface area contributed by atoms with Gasteiger partial charge in [0.25, 0.3) is 0 Å². The van der Waals surface area contributed by atoms with E-state index in [4.69, 9.17) is 5.73 Å². The normalized spacial score (nSPS) is 12.2. The van der Waals surface area contributed by atoms with Crippen LogP contribution < -0.4 is 11.1 Å². The monoisotopic (exact) mass is 288 g/mol. The number of nitrogens with two attached hydrogens (primary N) is 1. The van der Waals surface area contributed by atoms with Crippen molar-refractivity contribution in [2.45, 2.75) is 12.5 Å². The number of benzene rings is 2. The molecular formula is C16H20N2O3. The van der Waals surface area contributed by atoms with Crippen molar-refractivity contribution in [1.82, 2.24) is 5.32 Å². The summed E-state index contributed by atoms with van der Waals surface area (Å²) in [6, 6.07) is 12.3. The van der Waals surface area contributed by atoms with Gasteiger partial charge in [-0.15, -0.1) is 0 Å². The van der Waals surface area contributed by atoms with E-state index in [1.54, 1.807) is 6.07 Å². The quantitative estimate of drug-likeness (QED) is 0.412. The van der Waals surface area contributed by atoms with Gasteiger partial charge in [-0.25, -0.2) is 0 Å². The largest absolute Gasteiger partial charge is 0.504 e. The molecule has 5 heteroatoms. The average molecular weight is 288 g/mol. The Morgan fingerprint density at radius 2 is 1.67 bits per heavy atom. The molecule has 0 saturated heterocycles. The first kappa shape index (κ1) is 15.2. The number of aromatic hydroxyl groups is 3. The Kier molecular flexibility index (Phi) is 5.03. The predicted octanol–water partition coefficient (Wildman–Crippen LogP) is 1.83. The van der Waals surface area contributed by atoms with Crippen LogP contribution in [-0.4, -0.2) is 28.4 Å². The SMILES string of the molecule is NCCCNC(c1ccccc1)c1ccc(O)c(O)c1O. The maximum Gasteiger partial charge on any atom is 0.200 e. The molecule has 0 saturated carbocycles. The molecule has 1 atom stereocenters. The van der Waals surface area contributed by atoms with Crippen molar-refractivity contribution in [2.24, 2.45) is 5.73 Å². The lowest BCUT2D eigenvalue weighted by atomic mass is 9.97. The molecule has 5 nitrogen and oxygen atoms in total. The molecule has 0 aliphatic rings. The van der Waals surface area contributed by atoms with Crippen LogP contribution >= 0.6 is 0 Å². The summed E-state index contributed by atoms with van der Waals surface area (Å²) in [5.41, 5.74) is 6.97. The highest BCUT2D eigenvalue weighted by Crippen LogP contribution is 2.41. The zero-order chi connectivity index (χ0) is 15.2. The topological polar surface area (TPSA) is 98.7 Å². The number of phenols is 3. The maximum atomic E-state index is 10.1. The highest BCUT2D eigenvalue weighted by molar-refractivity contribution is 5.55. The van der Waals surface area contributed by atoms with Crippen LogP contribution in [0.4, 0.5) is 0 Å². The summed E-state index contributed by atoms with van der Waals surface area (Å²) in [5.74, 6) is -1.16. The number of hydrogen-bond acceptors (Lipinski definition) is 5. The average Bonchev–Trinajstić information content (AvgIpc) is 2.51. The zero-order valence-corrected chi connectivity index (χ0v) is 11.7. The van der Waals surface area contributed by atoms with Gasteiger partial charge in [0.2, 0.25) is 5.75 Å². The summed E-state index contributed by atoms with van der Waals surface area (Å²) in [6.07, 6.45) is 0.800. The second-order valence-electron chi connectivity index (χ2n) is 4.81. The van der Waals surface area contributed by atoms with Crippen molar-refractivity contribution in [1.29, 1.82) is 0 Å². The Labute approximate surface area is 123 Å². The molecule has 21 heavy (non-hydrogen) atoms. The lowest BCUT2D eigenvalue weighted by molar-refractivity contribution is 0.362. The summed E-state index contributed by atoms with van der Waals surface area (Å²) in [5, 5.41) is 32.6. The number of rotatable bonds is 6. The van der Waals surface area contributed by atoms with E-state index in [0.29, 0.717) is 18.7 Å². The fourth-order valence-corrected chi connectivity index (χ4v) is 2.22. The molecule has 0 fully saturated rings. The van der Waals surface area contributed by atoms with Crippen molar-refractivity contribution in [3.8, 4) is 17.2 Å². The van der Waals surface area contributed by atoms with E-state index in [-0.39, 0.29) is 17.5 Å². The summed E-state index contributed by atoms with van der Waals surface area (Å²) in [7, 11) is 0. The fraction of sp³-hybridized carbons (Fsp3) is 0.250. The van der Waals surface area contributed by atoms with Crippen molar-refractivity contribution in [3.05, 3.63) is 53.6 Å². The molecule has 0 radical (unpaired) electrons. The van der Waals surface area contributed by atoms with Gasteiger partial charge in [0.1, 0.15) is 0 Å². The van der Waals surface area contributed by atoms with Crippen molar-refractivity contribution in [2.75, 3.05) is 13.1 Å². The lowest BCUT2D eigenvalue weighted by Gasteiger charge is -2.21. The minimum absolute atomic E-state index is 0.288. The van der Waals surface area contributed by atoms with Gasteiger partial charge in [-0.05, 0) is 37.2 Å². The van der Waals surface area contributed by atoms with Crippen LogP contribution in [0.15, 0.2) is 42.5 Å². The molecule has 1 unspecified atom stereocenters. The molecule has 112 valence electrons. The Bertz CT molecular complexity index is 588. The van der Waals surface area contributed by atoms with Gasteiger partial charge < -0.3 is 26.4 Å². The van der Waals surface area contributed by atoms with Crippen LogP contribution in [0.5, 0.6) is 17.2 Å². The van der Waals surface area contributed by atoms with Crippen LogP contribution in [0, 0.1) is 0 Å². The fourth-order valence-electron chi connectivity index (χ4n) is 2.22. The van der Waals surface area contributed by atoms with E-state index < -0.39 is 5.75 Å². The first-order valence-electron chi connectivity index (χ1n) is 6.87. The first-order chi connectivity index (χ1) is 10.1. The molecule has 0 heterocycles. The lowest BCUT2D eigenvalue weighted by Crippen LogP contribution is -2.25. The summed E-state index contributed by atoms with van der Waals surface area (Å²) < 4.78 is 0. The summed E-state index contributed by atoms with van der Waals surface area (Å²) >= 11 is 0. The Hall–Kier alpha value is -2.24. The van der Waals surface area contributed by atoms with Gasteiger partial charge >= 0.3 is 0 Å². The van der Waals surface area contributed by atoms with E-state index in [0.717, 1.165) is 12.0 Å². The highest BCUT2D eigenvalue weighted by atomic mass is 16.3. The van der Waals surface area contributed by atoms with E-state index in [1.165, 1.54) is 6.07 Å². The molecule has 0 aromatic heterocycles. The molecule has 2 aromatic rings. The van der Waals surface area contributed by atoms with Crippen LogP contribution in [0.3, 0.4) is 0 Å². The molecular weight excluding hydrogens is 268 g/mol. The highest BCUT2D eigenvalue weighted by Gasteiger charge is 2.20. The summed E-state index contributed by atoms with van der Waals surface area (Å²) in [6.45, 7) is 1.25. The maximum absolute atomic E-state index is 10.1. The Balaban J connectivity index is 2.38. The number of phenolic OH excluding ortho intramolecular Hbond substituents is 3. The summed E-state index contributed by atoms with van der Waals surface area (Å²) in [4.78, 5) is 0. The number of nitrogens with one attached hydrogen (secondary N) is 1. The predicted molar refractivity (Wildman–Crippen MR) is 81.4 cm³/mol. The van der Waals surface area contributed by atoms with Gasteiger partial charge in [-0.2, -0.15) is 0 Å². The van der Waals surface area contributed by atoms with Crippen LogP contribution in [0.2, 0.25) is 0 Å². The Morgan fingerprint density at radius 1 is 0.952 bits per heavy atom. The van der Waals surface area contributed by atoms with Crippen molar-refractivity contribution < 1.29 is 15.3 Å². The van der Waals surface area contributed by atoms with Crippen molar-refractivity contribution >= 4 is 0 Å². The zero-order valence-electron chi connectivity index (χ0n) is 11.7. The molecule has 0 spiro atoms. The number of hydrogen-bond donors (Lipinski definition) is 5.